The van der Waals surface area contributed by atoms with Crippen molar-refractivity contribution in [2.24, 2.45) is 0 Å². The number of halogens is 1. The van der Waals surface area contributed by atoms with Gasteiger partial charge in [0, 0.05) is 34.8 Å². The zero-order chi connectivity index (χ0) is 17.6. The molecule has 0 aliphatic heterocycles. The summed E-state index contributed by atoms with van der Waals surface area (Å²) in [6, 6.07) is 9.00. The van der Waals surface area contributed by atoms with Crippen LogP contribution in [0.1, 0.15) is 24.8 Å². The van der Waals surface area contributed by atoms with E-state index in [0.717, 1.165) is 23.8 Å². The van der Waals surface area contributed by atoms with E-state index >= 15 is 0 Å². The minimum atomic E-state index is -3.70. The molecule has 4 rings (SSSR count). The zero-order valence-electron chi connectivity index (χ0n) is 13.6. The molecule has 6 nitrogen and oxygen atoms in total. The molecule has 130 valence electrons. The summed E-state index contributed by atoms with van der Waals surface area (Å²) in [5.74, 6) is 0.706. The van der Waals surface area contributed by atoms with Crippen LogP contribution in [0.5, 0.6) is 0 Å². The van der Waals surface area contributed by atoms with Gasteiger partial charge >= 0.3 is 0 Å². The third-order valence-electron chi connectivity index (χ3n) is 4.51. The number of hydrogen-bond acceptors (Lipinski definition) is 5. The molecule has 0 atom stereocenters. The number of aryl methyl sites for hydroxylation is 1. The van der Waals surface area contributed by atoms with Crippen molar-refractivity contribution < 1.29 is 8.42 Å². The van der Waals surface area contributed by atoms with Gasteiger partial charge in [-0.15, -0.1) is 0 Å². The molecule has 8 heteroatoms. The molecular weight excluding hydrogens is 451 g/mol. The Kier molecular flexibility index (Phi) is 4.19. The van der Waals surface area contributed by atoms with Crippen LogP contribution in [-0.4, -0.2) is 28.4 Å². The SMILES string of the molecule is Cc1ccc(S(=O)(=O)n2ccc3c(NC4CCC4)nc(I)nc32)cc1. The third-order valence-corrected chi connectivity index (χ3v) is 6.67. The van der Waals surface area contributed by atoms with Crippen LogP contribution < -0.4 is 5.32 Å². The Morgan fingerprint density at radius 2 is 1.88 bits per heavy atom. The quantitative estimate of drug-likeness (QED) is 0.468. The Bertz CT molecular complexity index is 1040. The van der Waals surface area contributed by atoms with Crippen LogP contribution in [0.25, 0.3) is 11.0 Å². The number of benzene rings is 1. The van der Waals surface area contributed by atoms with Crippen LogP contribution in [0.4, 0.5) is 5.82 Å². The highest BCUT2D eigenvalue weighted by atomic mass is 127. The van der Waals surface area contributed by atoms with Crippen molar-refractivity contribution in [1.29, 1.82) is 0 Å². The van der Waals surface area contributed by atoms with Gasteiger partial charge in [-0.25, -0.2) is 22.4 Å². The molecule has 1 aliphatic rings. The first-order valence-corrected chi connectivity index (χ1v) is 10.6. The highest BCUT2D eigenvalue weighted by molar-refractivity contribution is 14.1. The molecular formula is C17H17IN4O2S. The standard InChI is InChI=1S/C17H17IN4O2S/c1-11-5-7-13(8-6-11)25(23,24)22-10-9-14-15(19-12-3-2-4-12)20-17(18)21-16(14)22/h5-10,12H,2-4H2,1H3,(H,19,20,21). The molecule has 1 saturated carbocycles. The zero-order valence-corrected chi connectivity index (χ0v) is 16.6. The number of hydrogen-bond donors (Lipinski definition) is 1. The second kappa shape index (κ2) is 6.24. The van der Waals surface area contributed by atoms with Crippen molar-refractivity contribution in [3.8, 4) is 0 Å². The molecule has 1 N–H and O–H groups in total. The van der Waals surface area contributed by atoms with E-state index in [1.165, 1.54) is 10.4 Å². The predicted octanol–water partition coefficient (Wildman–Crippen LogP) is 3.55. The summed E-state index contributed by atoms with van der Waals surface area (Å²) in [5, 5.41) is 4.14. The third kappa shape index (κ3) is 3.01. The van der Waals surface area contributed by atoms with Gasteiger partial charge in [-0.05, 0) is 44.4 Å². The fourth-order valence-electron chi connectivity index (χ4n) is 2.84. The highest BCUT2D eigenvalue weighted by Gasteiger charge is 2.24. The summed E-state index contributed by atoms with van der Waals surface area (Å²) in [5.41, 5.74) is 1.42. The van der Waals surface area contributed by atoms with Crippen molar-refractivity contribution in [2.75, 3.05) is 5.32 Å². The van der Waals surface area contributed by atoms with Crippen molar-refractivity contribution >= 4 is 49.5 Å². The molecule has 0 saturated heterocycles. The Labute approximate surface area is 159 Å². The number of fused-ring (bicyclic) bond motifs is 1. The first-order valence-electron chi connectivity index (χ1n) is 8.08. The number of anilines is 1. The fourth-order valence-corrected chi connectivity index (χ4v) is 4.60. The van der Waals surface area contributed by atoms with Gasteiger partial charge in [0.15, 0.2) is 9.48 Å². The molecule has 2 aromatic heterocycles. The number of rotatable bonds is 4. The van der Waals surface area contributed by atoms with Gasteiger partial charge in [-0.2, -0.15) is 0 Å². The van der Waals surface area contributed by atoms with Crippen LogP contribution in [0.3, 0.4) is 0 Å². The van der Waals surface area contributed by atoms with E-state index in [9.17, 15) is 8.42 Å². The predicted molar refractivity (Wildman–Crippen MR) is 105 cm³/mol. The summed E-state index contributed by atoms with van der Waals surface area (Å²) in [6.45, 7) is 1.93. The molecule has 0 amide bonds. The van der Waals surface area contributed by atoms with E-state index in [0.29, 0.717) is 21.3 Å². The van der Waals surface area contributed by atoms with Gasteiger partial charge in [0.2, 0.25) is 0 Å². The highest BCUT2D eigenvalue weighted by Crippen LogP contribution is 2.29. The first-order chi connectivity index (χ1) is 11.9. The van der Waals surface area contributed by atoms with Crippen LogP contribution in [-0.2, 0) is 10.0 Å². The molecule has 1 fully saturated rings. The summed E-state index contributed by atoms with van der Waals surface area (Å²) >= 11 is 2.02. The average Bonchev–Trinajstić information content (AvgIpc) is 2.95. The van der Waals surface area contributed by atoms with Crippen molar-refractivity contribution in [1.82, 2.24) is 13.9 Å². The van der Waals surface area contributed by atoms with E-state index in [-0.39, 0.29) is 4.90 Å². The van der Waals surface area contributed by atoms with Crippen LogP contribution in [0, 0.1) is 10.8 Å². The Morgan fingerprint density at radius 1 is 1.16 bits per heavy atom. The molecule has 25 heavy (non-hydrogen) atoms. The molecule has 1 aliphatic carbocycles. The Balaban J connectivity index is 1.83. The summed E-state index contributed by atoms with van der Waals surface area (Å²) in [6.07, 6.45) is 5.00. The first kappa shape index (κ1) is 16.8. The molecule has 0 spiro atoms. The number of nitrogens with zero attached hydrogens (tertiary/aromatic N) is 3. The lowest BCUT2D eigenvalue weighted by Crippen LogP contribution is -2.27. The smallest absolute Gasteiger partial charge is 0.269 e. The lowest BCUT2D eigenvalue weighted by molar-refractivity contribution is 0.444. The van der Waals surface area contributed by atoms with Crippen LogP contribution >= 0.6 is 22.6 Å². The Hall–Kier alpha value is -1.68. The molecule has 0 unspecified atom stereocenters. The van der Waals surface area contributed by atoms with Crippen molar-refractivity contribution in [3.63, 3.8) is 0 Å². The normalized spacial score (nSPS) is 15.3. The number of nitrogens with one attached hydrogen (secondary N) is 1. The van der Waals surface area contributed by atoms with E-state index < -0.39 is 10.0 Å². The Morgan fingerprint density at radius 3 is 2.52 bits per heavy atom. The van der Waals surface area contributed by atoms with Gasteiger partial charge in [-0.1, -0.05) is 17.7 Å². The van der Waals surface area contributed by atoms with Gasteiger partial charge in [0.25, 0.3) is 10.0 Å². The van der Waals surface area contributed by atoms with E-state index in [1.54, 1.807) is 36.5 Å². The molecule has 0 bridgehead atoms. The topological polar surface area (TPSA) is 76.9 Å². The summed E-state index contributed by atoms with van der Waals surface area (Å²) in [4.78, 5) is 9.08. The lowest BCUT2D eigenvalue weighted by atomic mass is 9.93. The summed E-state index contributed by atoms with van der Waals surface area (Å²) in [7, 11) is -3.70. The monoisotopic (exact) mass is 468 g/mol. The van der Waals surface area contributed by atoms with Crippen LogP contribution in [0.15, 0.2) is 41.4 Å². The lowest BCUT2D eigenvalue weighted by Gasteiger charge is -2.27. The van der Waals surface area contributed by atoms with Gasteiger partial charge < -0.3 is 5.32 Å². The minimum absolute atomic E-state index is 0.248. The maximum absolute atomic E-state index is 13.0. The van der Waals surface area contributed by atoms with E-state index in [1.807, 2.05) is 29.5 Å². The van der Waals surface area contributed by atoms with Gasteiger partial charge in [0.05, 0.1) is 10.3 Å². The molecule has 1 aromatic carbocycles. The summed E-state index contributed by atoms with van der Waals surface area (Å²) < 4.78 is 27.8. The van der Waals surface area contributed by atoms with Gasteiger partial charge in [0.1, 0.15) is 5.82 Å². The maximum atomic E-state index is 13.0. The largest absolute Gasteiger partial charge is 0.367 e. The van der Waals surface area contributed by atoms with Crippen molar-refractivity contribution in [2.45, 2.75) is 37.1 Å². The maximum Gasteiger partial charge on any atom is 0.269 e. The minimum Gasteiger partial charge on any atom is -0.367 e. The molecule has 3 aromatic rings. The number of aromatic nitrogens is 3. The second-order valence-electron chi connectivity index (χ2n) is 6.28. The van der Waals surface area contributed by atoms with Gasteiger partial charge in [-0.3, -0.25) is 0 Å². The molecule has 0 radical (unpaired) electrons. The van der Waals surface area contributed by atoms with E-state index in [2.05, 4.69) is 15.3 Å². The fraction of sp³-hybridized carbons (Fsp3) is 0.294. The van der Waals surface area contributed by atoms with Crippen molar-refractivity contribution in [3.05, 3.63) is 45.9 Å². The second-order valence-corrected chi connectivity index (χ2v) is 9.06. The average molecular weight is 468 g/mol. The molecule has 2 heterocycles. The van der Waals surface area contributed by atoms with Crippen LogP contribution in [0.2, 0.25) is 0 Å². The van der Waals surface area contributed by atoms with E-state index in [4.69, 9.17) is 0 Å².